The second-order valence-electron chi connectivity index (χ2n) is 3.32. The first-order valence-electron chi connectivity index (χ1n) is 4.34. The lowest BCUT2D eigenvalue weighted by Gasteiger charge is -2.21. The molecule has 1 aliphatic rings. The van der Waals surface area contributed by atoms with E-state index in [1.165, 1.54) is 13.6 Å². The highest BCUT2D eigenvalue weighted by atomic mass is 19.3. The van der Waals surface area contributed by atoms with Crippen molar-refractivity contribution in [1.29, 1.82) is 0 Å². The van der Waals surface area contributed by atoms with Crippen molar-refractivity contribution < 1.29 is 28.1 Å². The highest BCUT2D eigenvalue weighted by Crippen LogP contribution is 2.34. The van der Waals surface area contributed by atoms with Gasteiger partial charge in [-0.3, -0.25) is 0 Å². The number of hydrogen-bond donors (Lipinski definition) is 2. The molecule has 0 bridgehead atoms. The Morgan fingerprint density at radius 2 is 2.20 bits per heavy atom. The summed E-state index contributed by atoms with van der Waals surface area (Å²) in [4.78, 5) is 0. The minimum absolute atomic E-state index is 0.438. The average Bonchev–Trinajstić information content (AvgIpc) is 2.40. The van der Waals surface area contributed by atoms with Gasteiger partial charge in [-0.25, -0.2) is 4.39 Å². The van der Waals surface area contributed by atoms with Gasteiger partial charge in [0, 0.05) is 6.08 Å². The maximum absolute atomic E-state index is 13.9. The van der Waals surface area contributed by atoms with Gasteiger partial charge < -0.3 is 14.9 Å². The molecule has 1 saturated heterocycles. The molecule has 1 heterocycles. The van der Waals surface area contributed by atoms with Gasteiger partial charge in [-0.1, -0.05) is 5.73 Å². The van der Waals surface area contributed by atoms with Gasteiger partial charge in [0.1, 0.15) is 20.1 Å². The summed E-state index contributed by atoms with van der Waals surface area (Å²) in [6.45, 7) is -0.577. The smallest absolute Gasteiger partial charge is 0.312 e. The van der Waals surface area contributed by atoms with Gasteiger partial charge in [-0.05, 0) is 0 Å². The van der Waals surface area contributed by atoms with Crippen LogP contribution in [0, 0.1) is 0 Å². The lowest BCUT2D eigenvalue weighted by molar-refractivity contribution is -0.00856. The number of ether oxygens (including phenoxy) is 1. The Balaban J connectivity index is 2.97. The fourth-order valence-electron chi connectivity index (χ4n) is 1.48. The van der Waals surface area contributed by atoms with Crippen LogP contribution in [0.1, 0.15) is 0 Å². The van der Waals surface area contributed by atoms with Gasteiger partial charge >= 0.3 is 6.08 Å². The molecule has 2 N–H and O–H groups in total. The van der Waals surface area contributed by atoms with Gasteiger partial charge in [0.2, 0.25) is 0 Å². The van der Waals surface area contributed by atoms with Crippen LogP contribution in [0.4, 0.5) is 13.2 Å². The van der Waals surface area contributed by atoms with Gasteiger partial charge in [0.25, 0.3) is 0 Å². The van der Waals surface area contributed by atoms with Crippen molar-refractivity contribution >= 4 is 7.85 Å². The predicted octanol–water partition coefficient (Wildman–Crippen LogP) is -0.659. The summed E-state index contributed by atoms with van der Waals surface area (Å²) < 4.78 is 42.3. The molecule has 0 amide bonds. The fraction of sp³-hybridized carbons (Fsp3) is 0.625. The molecule has 2 unspecified atom stereocenters. The van der Waals surface area contributed by atoms with Crippen LogP contribution < -0.4 is 0 Å². The van der Waals surface area contributed by atoms with Crippen molar-refractivity contribution in [1.82, 2.24) is 0 Å². The normalized spacial score (nSPS) is 39.9. The Morgan fingerprint density at radius 1 is 1.60 bits per heavy atom. The van der Waals surface area contributed by atoms with Crippen molar-refractivity contribution in [2.75, 3.05) is 6.61 Å². The maximum atomic E-state index is 13.9. The SMILES string of the molecule is B[C@@H]1O[C@H](CO)C(O)C1(F)C=C=C(F)F. The van der Waals surface area contributed by atoms with E-state index in [9.17, 15) is 18.3 Å². The standard InChI is InChI=1S/C8H10BF3O3/c9-7-8(12,2-1-5(10)11)6(14)4(3-13)15-7/h2,4,6-7,13-14H,3,9H2/t4-,6?,7-,8?/m1/s1. The first kappa shape index (κ1) is 12.3. The Morgan fingerprint density at radius 3 is 2.60 bits per heavy atom. The molecule has 1 rings (SSSR count). The molecule has 1 fully saturated rings. The summed E-state index contributed by atoms with van der Waals surface area (Å²) in [5.41, 5.74) is -1.05. The molecular weight excluding hydrogens is 212 g/mol. The third-order valence-corrected chi connectivity index (χ3v) is 2.39. The van der Waals surface area contributed by atoms with Crippen molar-refractivity contribution in [2.45, 2.75) is 23.9 Å². The highest BCUT2D eigenvalue weighted by molar-refractivity contribution is 6.12. The molecule has 3 nitrogen and oxygen atoms in total. The summed E-state index contributed by atoms with van der Waals surface area (Å²) in [6.07, 6.45) is -4.53. The van der Waals surface area contributed by atoms with Crippen LogP contribution in [0.25, 0.3) is 0 Å². The van der Waals surface area contributed by atoms with Crippen LogP contribution in [0.3, 0.4) is 0 Å². The van der Waals surface area contributed by atoms with Gasteiger partial charge in [-0.15, -0.1) is 0 Å². The molecular formula is C8H10BF3O3. The van der Waals surface area contributed by atoms with E-state index in [2.05, 4.69) is 0 Å². The Kier molecular flexibility index (Phi) is 3.62. The first-order chi connectivity index (χ1) is 6.91. The lowest BCUT2D eigenvalue weighted by Crippen LogP contribution is -2.43. The molecule has 0 aromatic rings. The van der Waals surface area contributed by atoms with Gasteiger partial charge in [-0.2, -0.15) is 8.78 Å². The third kappa shape index (κ3) is 2.26. The van der Waals surface area contributed by atoms with E-state index in [4.69, 9.17) is 9.84 Å². The van der Waals surface area contributed by atoms with E-state index in [-0.39, 0.29) is 0 Å². The average molecular weight is 222 g/mol. The molecule has 0 saturated carbocycles. The summed E-state index contributed by atoms with van der Waals surface area (Å²) in [5, 5.41) is 18.1. The second kappa shape index (κ2) is 4.41. The molecule has 0 aromatic heterocycles. The minimum Gasteiger partial charge on any atom is -0.394 e. The zero-order valence-corrected chi connectivity index (χ0v) is 7.95. The highest BCUT2D eigenvalue weighted by Gasteiger charge is 2.53. The van der Waals surface area contributed by atoms with Crippen LogP contribution in [0.2, 0.25) is 0 Å². The summed E-state index contributed by atoms with van der Waals surface area (Å²) in [6, 6.07) is -1.11. The first-order valence-corrected chi connectivity index (χ1v) is 4.34. The van der Waals surface area contributed by atoms with Crippen LogP contribution in [-0.2, 0) is 4.74 Å². The van der Waals surface area contributed by atoms with Crippen LogP contribution in [-0.4, -0.2) is 48.5 Å². The topological polar surface area (TPSA) is 49.7 Å². The Bertz CT molecular complexity index is 302. The molecule has 0 aliphatic carbocycles. The summed E-state index contributed by atoms with van der Waals surface area (Å²) in [7, 11) is 1.28. The van der Waals surface area contributed by atoms with E-state index in [1.54, 1.807) is 0 Å². The molecule has 7 heteroatoms. The third-order valence-electron chi connectivity index (χ3n) is 2.39. The Labute approximate surface area is 85.3 Å². The van der Waals surface area contributed by atoms with E-state index < -0.39 is 36.6 Å². The molecule has 15 heavy (non-hydrogen) atoms. The zero-order chi connectivity index (χ0) is 11.6. The number of alkyl halides is 1. The minimum atomic E-state index is -2.45. The number of aliphatic hydroxyl groups is 2. The predicted molar refractivity (Wildman–Crippen MR) is 47.9 cm³/mol. The van der Waals surface area contributed by atoms with Crippen LogP contribution in [0.5, 0.6) is 0 Å². The van der Waals surface area contributed by atoms with Crippen molar-refractivity contribution in [3.05, 3.63) is 17.9 Å². The van der Waals surface area contributed by atoms with E-state index in [0.717, 1.165) is 0 Å². The maximum Gasteiger partial charge on any atom is 0.312 e. The molecule has 1 aliphatic heterocycles. The van der Waals surface area contributed by atoms with E-state index >= 15 is 0 Å². The zero-order valence-electron chi connectivity index (χ0n) is 7.95. The summed E-state index contributed by atoms with van der Waals surface area (Å²) >= 11 is 0. The van der Waals surface area contributed by atoms with E-state index in [1.807, 2.05) is 0 Å². The van der Waals surface area contributed by atoms with Gasteiger partial charge in [0.05, 0.1) is 12.6 Å². The van der Waals surface area contributed by atoms with Gasteiger partial charge in [0.15, 0.2) is 5.67 Å². The molecule has 0 aromatic carbocycles. The van der Waals surface area contributed by atoms with E-state index in [0.29, 0.717) is 6.08 Å². The van der Waals surface area contributed by atoms with Crippen molar-refractivity contribution in [2.24, 2.45) is 0 Å². The molecule has 4 atom stereocenters. The largest absolute Gasteiger partial charge is 0.394 e. The Hall–Kier alpha value is -0.745. The number of aliphatic hydroxyl groups excluding tert-OH is 2. The van der Waals surface area contributed by atoms with Crippen LogP contribution >= 0.6 is 0 Å². The number of halogens is 3. The monoisotopic (exact) mass is 222 g/mol. The number of rotatable bonds is 2. The molecule has 0 spiro atoms. The van der Waals surface area contributed by atoms with Crippen molar-refractivity contribution in [3.8, 4) is 0 Å². The fourth-order valence-corrected chi connectivity index (χ4v) is 1.48. The molecule has 84 valence electrons. The lowest BCUT2D eigenvalue weighted by atomic mass is 9.82. The van der Waals surface area contributed by atoms with Crippen LogP contribution in [0.15, 0.2) is 17.9 Å². The second-order valence-corrected chi connectivity index (χ2v) is 3.32. The van der Waals surface area contributed by atoms with Crippen molar-refractivity contribution in [3.63, 3.8) is 0 Å². The molecule has 0 radical (unpaired) electrons. The quantitative estimate of drug-likeness (QED) is 0.481. The summed E-state index contributed by atoms with van der Waals surface area (Å²) in [5.74, 6) is 0. The number of hydrogen-bond acceptors (Lipinski definition) is 3.